The van der Waals surface area contributed by atoms with E-state index in [9.17, 15) is 5.11 Å². The van der Waals surface area contributed by atoms with Gasteiger partial charge in [-0.1, -0.05) is 0 Å². The van der Waals surface area contributed by atoms with Crippen LogP contribution in [-0.2, 0) is 0 Å². The Labute approximate surface area is 96.8 Å². The van der Waals surface area contributed by atoms with E-state index in [0.29, 0.717) is 6.04 Å². The van der Waals surface area contributed by atoms with Crippen LogP contribution in [0.25, 0.3) is 0 Å². The van der Waals surface area contributed by atoms with Gasteiger partial charge in [0.25, 0.3) is 0 Å². The molecule has 1 fully saturated rings. The Balaban J connectivity index is 1.71. The second-order valence-electron chi connectivity index (χ2n) is 4.86. The second-order valence-corrected chi connectivity index (χ2v) is 4.86. The van der Waals surface area contributed by atoms with E-state index in [-0.39, 0.29) is 6.10 Å². The summed E-state index contributed by atoms with van der Waals surface area (Å²) in [6.07, 6.45) is 7.67. The Kier molecular flexibility index (Phi) is 4.02. The highest BCUT2D eigenvalue weighted by atomic mass is 16.3. The first kappa shape index (κ1) is 11.7. The van der Waals surface area contributed by atoms with Gasteiger partial charge in [0.2, 0.25) is 0 Å². The zero-order valence-electron chi connectivity index (χ0n) is 9.86. The zero-order chi connectivity index (χ0) is 11.4. The molecule has 3 heteroatoms. The van der Waals surface area contributed by atoms with Crippen molar-refractivity contribution in [2.45, 2.75) is 44.8 Å². The fraction of sp³-hybridized carbons (Fsp3) is 0.692. The Morgan fingerprint density at radius 1 is 1.44 bits per heavy atom. The average molecular weight is 223 g/mol. The molecule has 1 saturated carbocycles. The van der Waals surface area contributed by atoms with Crippen molar-refractivity contribution in [2.75, 3.05) is 6.54 Å². The maximum absolute atomic E-state index is 9.42. The van der Waals surface area contributed by atoms with Gasteiger partial charge in [-0.3, -0.25) is 0 Å². The van der Waals surface area contributed by atoms with E-state index in [1.165, 1.54) is 5.56 Å². The minimum absolute atomic E-state index is 0.0532. The van der Waals surface area contributed by atoms with Crippen LogP contribution in [0.2, 0.25) is 0 Å². The number of hydrogen-bond acceptors (Lipinski definition) is 3. The lowest BCUT2D eigenvalue weighted by molar-refractivity contribution is 0.108. The molecule has 0 aromatic carbocycles. The van der Waals surface area contributed by atoms with Crippen LogP contribution >= 0.6 is 0 Å². The van der Waals surface area contributed by atoms with Crippen molar-refractivity contribution in [1.29, 1.82) is 0 Å². The predicted octanol–water partition coefficient (Wildman–Crippen LogP) is 2.48. The first-order chi connectivity index (χ1) is 7.75. The van der Waals surface area contributed by atoms with E-state index in [1.807, 2.05) is 6.07 Å². The standard InChI is InChI=1S/C13H21NO2/c1-10(12-6-7-16-9-12)14-8-11-2-4-13(15)5-3-11/h6-7,9-11,13-15H,2-5,8H2,1H3. The van der Waals surface area contributed by atoms with Gasteiger partial charge in [-0.05, 0) is 51.1 Å². The highest BCUT2D eigenvalue weighted by molar-refractivity contribution is 5.10. The normalized spacial score (nSPS) is 27.9. The van der Waals surface area contributed by atoms with Crippen molar-refractivity contribution < 1.29 is 9.52 Å². The fourth-order valence-corrected chi connectivity index (χ4v) is 2.33. The maximum Gasteiger partial charge on any atom is 0.0950 e. The van der Waals surface area contributed by atoms with Gasteiger partial charge in [-0.15, -0.1) is 0 Å². The van der Waals surface area contributed by atoms with Crippen LogP contribution in [0.4, 0.5) is 0 Å². The Bertz CT molecular complexity index is 289. The average Bonchev–Trinajstić information content (AvgIpc) is 2.81. The Morgan fingerprint density at radius 3 is 2.81 bits per heavy atom. The Morgan fingerprint density at radius 2 is 2.19 bits per heavy atom. The third-order valence-corrected chi connectivity index (χ3v) is 3.57. The van der Waals surface area contributed by atoms with Crippen molar-refractivity contribution in [2.24, 2.45) is 5.92 Å². The summed E-state index contributed by atoms with van der Waals surface area (Å²) in [6, 6.07) is 2.35. The van der Waals surface area contributed by atoms with Crippen molar-refractivity contribution in [3.63, 3.8) is 0 Å². The zero-order valence-corrected chi connectivity index (χ0v) is 9.86. The molecule has 0 amide bonds. The predicted molar refractivity (Wildman–Crippen MR) is 63.1 cm³/mol. The SMILES string of the molecule is CC(NCC1CCC(O)CC1)c1ccoc1. The summed E-state index contributed by atoms with van der Waals surface area (Å²) in [5.41, 5.74) is 1.20. The fourth-order valence-electron chi connectivity index (χ4n) is 2.33. The van der Waals surface area contributed by atoms with Crippen LogP contribution in [0.15, 0.2) is 23.0 Å². The van der Waals surface area contributed by atoms with Crippen molar-refractivity contribution in [3.05, 3.63) is 24.2 Å². The van der Waals surface area contributed by atoms with Gasteiger partial charge >= 0.3 is 0 Å². The summed E-state index contributed by atoms with van der Waals surface area (Å²) in [5.74, 6) is 0.720. The molecular formula is C13H21NO2. The lowest BCUT2D eigenvalue weighted by atomic mass is 9.87. The molecule has 2 N–H and O–H groups in total. The highest BCUT2D eigenvalue weighted by Gasteiger charge is 2.19. The molecule has 1 aromatic heterocycles. The van der Waals surface area contributed by atoms with Gasteiger partial charge < -0.3 is 14.8 Å². The van der Waals surface area contributed by atoms with E-state index < -0.39 is 0 Å². The minimum atomic E-state index is -0.0532. The molecule has 0 radical (unpaired) electrons. The molecule has 1 unspecified atom stereocenters. The molecule has 1 heterocycles. The van der Waals surface area contributed by atoms with Gasteiger partial charge in [0, 0.05) is 11.6 Å². The number of aliphatic hydroxyl groups excluding tert-OH is 1. The quantitative estimate of drug-likeness (QED) is 0.824. The van der Waals surface area contributed by atoms with Gasteiger partial charge in [0.05, 0.1) is 18.6 Å². The topological polar surface area (TPSA) is 45.4 Å². The lowest BCUT2D eigenvalue weighted by Crippen LogP contribution is -2.29. The highest BCUT2D eigenvalue weighted by Crippen LogP contribution is 2.24. The first-order valence-corrected chi connectivity index (χ1v) is 6.19. The van der Waals surface area contributed by atoms with Crippen molar-refractivity contribution >= 4 is 0 Å². The molecule has 1 aliphatic carbocycles. The summed E-state index contributed by atoms with van der Waals surface area (Å²) < 4.78 is 5.07. The summed E-state index contributed by atoms with van der Waals surface area (Å²) in [5, 5.41) is 12.9. The number of nitrogens with one attached hydrogen (secondary N) is 1. The molecule has 90 valence electrons. The van der Waals surface area contributed by atoms with Crippen LogP contribution in [0.5, 0.6) is 0 Å². The van der Waals surface area contributed by atoms with Crippen LogP contribution < -0.4 is 5.32 Å². The molecule has 0 spiro atoms. The number of rotatable bonds is 4. The molecule has 3 nitrogen and oxygen atoms in total. The van der Waals surface area contributed by atoms with Gasteiger partial charge in [0.15, 0.2) is 0 Å². The molecule has 0 bridgehead atoms. The first-order valence-electron chi connectivity index (χ1n) is 6.19. The van der Waals surface area contributed by atoms with Gasteiger partial charge in [-0.25, -0.2) is 0 Å². The third-order valence-electron chi connectivity index (χ3n) is 3.57. The summed E-state index contributed by atoms with van der Waals surface area (Å²) in [7, 11) is 0. The molecular weight excluding hydrogens is 202 g/mol. The molecule has 0 saturated heterocycles. The summed E-state index contributed by atoms with van der Waals surface area (Å²) in [6.45, 7) is 3.20. The van der Waals surface area contributed by atoms with Crippen molar-refractivity contribution in [3.8, 4) is 0 Å². The summed E-state index contributed by atoms with van der Waals surface area (Å²) in [4.78, 5) is 0. The van der Waals surface area contributed by atoms with Crippen LogP contribution in [-0.4, -0.2) is 17.8 Å². The number of aliphatic hydroxyl groups is 1. The second kappa shape index (κ2) is 5.51. The van der Waals surface area contributed by atoms with Crippen LogP contribution in [0.3, 0.4) is 0 Å². The minimum Gasteiger partial charge on any atom is -0.472 e. The third kappa shape index (κ3) is 3.09. The smallest absolute Gasteiger partial charge is 0.0950 e. The molecule has 1 aliphatic rings. The van der Waals surface area contributed by atoms with Crippen LogP contribution in [0.1, 0.15) is 44.2 Å². The van der Waals surface area contributed by atoms with Gasteiger partial charge in [-0.2, -0.15) is 0 Å². The van der Waals surface area contributed by atoms with Crippen LogP contribution in [0, 0.1) is 5.92 Å². The van der Waals surface area contributed by atoms with Crippen molar-refractivity contribution in [1.82, 2.24) is 5.32 Å². The monoisotopic (exact) mass is 223 g/mol. The van der Waals surface area contributed by atoms with E-state index in [4.69, 9.17) is 4.42 Å². The van der Waals surface area contributed by atoms with E-state index >= 15 is 0 Å². The molecule has 0 aliphatic heterocycles. The van der Waals surface area contributed by atoms with E-state index in [0.717, 1.165) is 38.1 Å². The maximum atomic E-state index is 9.42. The summed E-state index contributed by atoms with van der Waals surface area (Å²) >= 11 is 0. The molecule has 1 atom stereocenters. The largest absolute Gasteiger partial charge is 0.472 e. The molecule has 1 aromatic rings. The Hall–Kier alpha value is -0.800. The molecule has 16 heavy (non-hydrogen) atoms. The van der Waals surface area contributed by atoms with E-state index in [2.05, 4.69) is 12.2 Å². The number of hydrogen-bond donors (Lipinski definition) is 2. The molecule has 2 rings (SSSR count). The van der Waals surface area contributed by atoms with E-state index in [1.54, 1.807) is 12.5 Å². The number of furan rings is 1. The van der Waals surface area contributed by atoms with Gasteiger partial charge in [0.1, 0.15) is 0 Å². The lowest BCUT2D eigenvalue weighted by Gasteiger charge is -2.26.